The molecule has 0 saturated heterocycles. The molecule has 0 aliphatic carbocycles. The Bertz CT molecular complexity index is 855. The molecule has 0 spiro atoms. The van der Waals surface area contributed by atoms with Gasteiger partial charge in [-0.2, -0.15) is 0 Å². The first-order valence-corrected chi connectivity index (χ1v) is 7.19. The molecule has 1 heterocycles. The quantitative estimate of drug-likeness (QED) is 0.753. The van der Waals surface area contributed by atoms with E-state index in [2.05, 4.69) is 10.3 Å². The molecule has 0 aliphatic heterocycles. The number of anilines is 1. The largest absolute Gasteiger partial charge is 0.495 e. The Morgan fingerprint density at radius 1 is 1.27 bits per heavy atom. The predicted octanol–water partition coefficient (Wildman–Crippen LogP) is 4.39. The zero-order valence-electron chi connectivity index (χ0n) is 12.2. The number of nitrogens with one attached hydrogen (secondary N) is 2. The maximum atomic E-state index is 12.5. The highest BCUT2D eigenvalue weighted by atomic mass is 35.5. The van der Waals surface area contributed by atoms with Crippen LogP contribution in [0.2, 0.25) is 5.02 Å². The van der Waals surface area contributed by atoms with Crippen molar-refractivity contribution < 1.29 is 9.53 Å². The average Bonchev–Trinajstić information content (AvgIpc) is 2.94. The van der Waals surface area contributed by atoms with E-state index in [0.717, 1.165) is 16.5 Å². The molecule has 4 nitrogen and oxygen atoms in total. The number of fused-ring (bicyclic) bond motifs is 1. The predicted molar refractivity (Wildman–Crippen MR) is 89.0 cm³/mol. The standard InChI is InChI=1S/C17H15ClN2O2/c1-10-7-15(16(22-2)8-13(10)18)20-17(21)12-9-19-14-6-4-3-5-11(12)14/h3-9,19H,1-2H3,(H,20,21). The van der Waals surface area contributed by atoms with Crippen LogP contribution in [0.15, 0.2) is 42.6 Å². The Kier molecular flexibility index (Phi) is 3.77. The fourth-order valence-electron chi connectivity index (χ4n) is 2.38. The zero-order valence-corrected chi connectivity index (χ0v) is 13.0. The second-order valence-electron chi connectivity index (χ2n) is 5.00. The molecule has 0 atom stereocenters. The fourth-order valence-corrected chi connectivity index (χ4v) is 2.53. The summed E-state index contributed by atoms with van der Waals surface area (Å²) in [7, 11) is 1.54. The van der Waals surface area contributed by atoms with Gasteiger partial charge in [-0.15, -0.1) is 0 Å². The second kappa shape index (κ2) is 5.73. The highest BCUT2D eigenvalue weighted by Crippen LogP contribution is 2.31. The van der Waals surface area contributed by atoms with Gasteiger partial charge in [-0.1, -0.05) is 29.8 Å². The lowest BCUT2D eigenvalue weighted by molar-refractivity contribution is 0.102. The van der Waals surface area contributed by atoms with E-state index in [-0.39, 0.29) is 5.91 Å². The molecular formula is C17H15ClN2O2. The molecule has 22 heavy (non-hydrogen) atoms. The number of hydrogen-bond donors (Lipinski definition) is 2. The lowest BCUT2D eigenvalue weighted by atomic mass is 10.1. The van der Waals surface area contributed by atoms with Crippen LogP contribution in [-0.4, -0.2) is 18.0 Å². The van der Waals surface area contributed by atoms with Gasteiger partial charge in [0.1, 0.15) is 5.75 Å². The van der Waals surface area contributed by atoms with Crippen molar-refractivity contribution in [3.05, 3.63) is 58.7 Å². The maximum absolute atomic E-state index is 12.5. The normalized spacial score (nSPS) is 10.7. The van der Waals surface area contributed by atoms with Crippen LogP contribution in [0, 0.1) is 6.92 Å². The van der Waals surface area contributed by atoms with Gasteiger partial charge in [-0.05, 0) is 24.6 Å². The van der Waals surface area contributed by atoms with Crippen molar-refractivity contribution in [2.45, 2.75) is 6.92 Å². The van der Waals surface area contributed by atoms with Gasteiger partial charge in [0.25, 0.3) is 5.91 Å². The van der Waals surface area contributed by atoms with Gasteiger partial charge in [0.15, 0.2) is 0 Å². The Labute approximate surface area is 133 Å². The number of benzene rings is 2. The maximum Gasteiger partial charge on any atom is 0.257 e. The minimum Gasteiger partial charge on any atom is -0.495 e. The highest BCUT2D eigenvalue weighted by Gasteiger charge is 2.15. The van der Waals surface area contributed by atoms with Crippen molar-refractivity contribution in [3.63, 3.8) is 0 Å². The molecule has 0 saturated carbocycles. The average molecular weight is 315 g/mol. The van der Waals surface area contributed by atoms with Crippen molar-refractivity contribution in [1.29, 1.82) is 0 Å². The summed E-state index contributed by atoms with van der Waals surface area (Å²) >= 11 is 6.08. The van der Waals surface area contributed by atoms with Crippen LogP contribution in [0.5, 0.6) is 5.75 Å². The number of aryl methyl sites for hydroxylation is 1. The molecule has 1 amide bonds. The van der Waals surface area contributed by atoms with Crippen LogP contribution in [0.25, 0.3) is 10.9 Å². The number of rotatable bonds is 3. The van der Waals surface area contributed by atoms with Crippen molar-refractivity contribution in [1.82, 2.24) is 4.98 Å². The van der Waals surface area contributed by atoms with Crippen molar-refractivity contribution in [2.75, 3.05) is 12.4 Å². The molecule has 3 rings (SSSR count). The topological polar surface area (TPSA) is 54.1 Å². The van der Waals surface area contributed by atoms with Gasteiger partial charge >= 0.3 is 0 Å². The summed E-state index contributed by atoms with van der Waals surface area (Å²) in [6.07, 6.45) is 1.70. The first kappa shape index (κ1) is 14.5. The van der Waals surface area contributed by atoms with E-state index in [4.69, 9.17) is 16.3 Å². The summed E-state index contributed by atoms with van der Waals surface area (Å²) in [6.45, 7) is 1.88. The third-order valence-electron chi connectivity index (χ3n) is 3.56. The van der Waals surface area contributed by atoms with E-state index in [1.165, 1.54) is 0 Å². The van der Waals surface area contributed by atoms with Crippen LogP contribution in [-0.2, 0) is 0 Å². The molecule has 2 N–H and O–H groups in total. The molecule has 0 fully saturated rings. The van der Waals surface area contributed by atoms with E-state index < -0.39 is 0 Å². The molecule has 5 heteroatoms. The van der Waals surface area contributed by atoms with Gasteiger partial charge in [0.05, 0.1) is 18.4 Å². The fraction of sp³-hybridized carbons (Fsp3) is 0.118. The van der Waals surface area contributed by atoms with Gasteiger partial charge in [-0.3, -0.25) is 4.79 Å². The number of hydrogen-bond acceptors (Lipinski definition) is 2. The number of H-pyrrole nitrogens is 1. The number of aromatic nitrogens is 1. The van der Waals surface area contributed by atoms with E-state index in [0.29, 0.717) is 22.0 Å². The van der Waals surface area contributed by atoms with Crippen molar-refractivity contribution >= 4 is 34.1 Å². The first-order chi connectivity index (χ1) is 10.6. The molecule has 0 bridgehead atoms. The van der Waals surface area contributed by atoms with Gasteiger partial charge in [0, 0.05) is 28.2 Å². The summed E-state index contributed by atoms with van der Waals surface area (Å²) < 4.78 is 5.28. The van der Waals surface area contributed by atoms with Crippen LogP contribution >= 0.6 is 11.6 Å². The van der Waals surface area contributed by atoms with E-state index in [1.54, 1.807) is 25.4 Å². The number of ether oxygens (including phenoxy) is 1. The number of halogens is 1. The Morgan fingerprint density at radius 2 is 2.05 bits per heavy atom. The molecule has 3 aromatic rings. The molecule has 0 aliphatic rings. The monoisotopic (exact) mass is 314 g/mol. The summed E-state index contributed by atoms with van der Waals surface area (Å²) in [5.74, 6) is 0.335. The highest BCUT2D eigenvalue weighted by molar-refractivity contribution is 6.31. The minimum atomic E-state index is -0.197. The third kappa shape index (κ3) is 2.53. The van der Waals surface area contributed by atoms with Crippen molar-refractivity contribution in [3.8, 4) is 5.75 Å². The molecular weight excluding hydrogens is 300 g/mol. The smallest absolute Gasteiger partial charge is 0.257 e. The molecule has 112 valence electrons. The van der Waals surface area contributed by atoms with Crippen LogP contribution in [0.1, 0.15) is 15.9 Å². The third-order valence-corrected chi connectivity index (χ3v) is 3.97. The lowest BCUT2D eigenvalue weighted by Crippen LogP contribution is -2.12. The number of methoxy groups -OCH3 is 1. The van der Waals surface area contributed by atoms with Gasteiger partial charge in [0.2, 0.25) is 0 Å². The number of amides is 1. The molecule has 2 aromatic carbocycles. The van der Waals surface area contributed by atoms with Crippen molar-refractivity contribution in [2.24, 2.45) is 0 Å². The number of para-hydroxylation sites is 1. The second-order valence-corrected chi connectivity index (χ2v) is 5.41. The Balaban J connectivity index is 1.96. The Hall–Kier alpha value is -2.46. The molecule has 1 aromatic heterocycles. The molecule has 0 unspecified atom stereocenters. The van der Waals surface area contributed by atoms with Gasteiger partial charge in [-0.25, -0.2) is 0 Å². The number of carbonyl (C=O) groups is 1. The summed E-state index contributed by atoms with van der Waals surface area (Å²) in [4.78, 5) is 15.6. The van der Waals surface area contributed by atoms with Gasteiger partial charge < -0.3 is 15.0 Å². The Morgan fingerprint density at radius 3 is 2.82 bits per heavy atom. The molecule has 0 radical (unpaired) electrons. The SMILES string of the molecule is COc1cc(Cl)c(C)cc1NC(=O)c1c[nH]c2ccccc12. The summed E-state index contributed by atoms with van der Waals surface area (Å²) in [6, 6.07) is 11.2. The first-order valence-electron chi connectivity index (χ1n) is 6.81. The summed E-state index contributed by atoms with van der Waals surface area (Å²) in [5, 5.41) is 4.36. The number of carbonyl (C=O) groups excluding carboxylic acids is 1. The van der Waals surface area contributed by atoms with E-state index in [9.17, 15) is 4.79 Å². The minimum absolute atomic E-state index is 0.197. The van der Waals surface area contributed by atoms with E-state index in [1.807, 2.05) is 31.2 Å². The van der Waals surface area contributed by atoms with E-state index >= 15 is 0 Å². The lowest BCUT2D eigenvalue weighted by Gasteiger charge is -2.12. The van der Waals surface area contributed by atoms with Crippen LogP contribution in [0.4, 0.5) is 5.69 Å². The van der Waals surface area contributed by atoms with Crippen LogP contribution in [0.3, 0.4) is 0 Å². The van der Waals surface area contributed by atoms with Crippen LogP contribution < -0.4 is 10.1 Å². The number of aromatic amines is 1. The summed E-state index contributed by atoms with van der Waals surface area (Å²) in [5.41, 5.74) is 2.98. The zero-order chi connectivity index (χ0) is 15.7.